The van der Waals surface area contributed by atoms with Gasteiger partial charge in [0.05, 0.1) is 13.2 Å². The number of rotatable bonds is 4. The smallest absolute Gasteiger partial charge is 0.342 e. The fraction of sp³-hybridized carbons (Fsp3) is 0.500. The van der Waals surface area contributed by atoms with Gasteiger partial charge in [0.15, 0.2) is 5.60 Å². The maximum Gasteiger partial charge on any atom is 0.342 e. The minimum absolute atomic E-state index is 0.124. The van der Waals surface area contributed by atoms with Gasteiger partial charge in [0.25, 0.3) is 0 Å². The van der Waals surface area contributed by atoms with Crippen molar-refractivity contribution in [3.05, 3.63) is 23.8 Å². The van der Waals surface area contributed by atoms with E-state index in [1.165, 1.54) is 18.2 Å². The van der Waals surface area contributed by atoms with E-state index in [0.717, 1.165) is 0 Å². The second-order valence-electron chi connectivity index (χ2n) is 3.59. The van der Waals surface area contributed by atoms with Crippen molar-refractivity contribution in [2.45, 2.75) is 25.9 Å². The molecular formula is C12H16O5. The molecule has 1 N–H and O–H groups in total. The Balaban J connectivity index is 2.77. The van der Waals surface area contributed by atoms with Crippen LogP contribution in [0.2, 0.25) is 0 Å². The Morgan fingerprint density at radius 2 is 2.00 bits per heavy atom. The second kappa shape index (κ2) is 5.63. The van der Waals surface area contributed by atoms with Crippen molar-refractivity contribution >= 4 is 11.9 Å². The summed E-state index contributed by atoms with van der Waals surface area (Å²) in [6, 6.07) is 0. The first-order chi connectivity index (χ1) is 8.03. The van der Waals surface area contributed by atoms with Crippen molar-refractivity contribution in [1.82, 2.24) is 0 Å². The molecular weight excluding hydrogens is 224 g/mol. The number of ether oxygens (including phenoxy) is 2. The van der Waals surface area contributed by atoms with Gasteiger partial charge in [-0.1, -0.05) is 12.2 Å². The van der Waals surface area contributed by atoms with E-state index in [-0.39, 0.29) is 25.2 Å². The molecule has 1 aliphatic carbocycles. The van der Waals surface area contributed by atoms with Gasteiger partial charge >= 0.3 is 11.9 Å². The number of esters is 2. The highest BCUT2D eigenvalue weighted by atomic mass is 16.5. The molecule has 0 aromatic rings. The Bertz CT molecular complexity index is 369. The van der Waals surface area contributed by atoms with Crippen LogP contribution < -0.4 is 0 Å². The molecule has 0 bridgehead atoms. The zero-order valence-corrected chi connectivity index (χ0v) is 9.93. The van der Waals surface area contributed by atoms with Crippen LogP contribution in [0.3, 0.4) is 0 Å². The summed E-state index contributed by atoms with van der Waals surface area (Å²) in [5, 5.41) is 10.0. The van der Waals surface area contributed by atoms with Gasteiger partial charge in [-0.15, -0.1) is 0 Å². The van der Waals surface area contributed by atoms with E-state index in [0.29, 0.717) is 0 Å². The molecule has 94 valence electrons. The summed E-state index contributed by atoms with van der Waals surface area (Å²) in [4.78, 5) is 23.0. The Morgan fingerprint density at radius 1 is 1.35 bits per heavy atom. The van der Waals surface area contributed by atoms with Gasteiger partial charge < -0.3 is 14.6 Å². The molecule has 0 spiro atoms. The number of hydrogen-bond acceptors (Lipinski definition) is 5. The molecule has 0 aromatic carbocycles. The van der Waals surface area contributed by atoms with Crippen LogP contribution in [0.4, 0.5) is 0 Å². The lowest BCUT2D eigenvalue weighted by Gasteiger charge is -2.25. The predicted octanol–water partition coefficient (Wildman–Crippen LogP) is 0.730. The lowest BCUT2D eigenvalue weighted by atomic mass is 9.90. The third-order valence-corrected chi connectivity index (χ3v) is 2.30. The molecule has 17 heavy (non-hydrogen) atoms. The zero-order chi connectivity index (χ0) is 12.9. The first-order valence-corrected chi connectivity index (χ1v) is 5.48. The fourth-order valence-corrected chi connectivity index (χ4v) is 1.49. The number of carbonyl (C=O) groups is 2. The molecule has 5 heteroatoms. The Hall–Kier alpha value is -1.62. The quantitative estimate of drug-likeness (QED) is 0.733. The summed E-state index contributed by atoms with van der Waals surface area (Å²) in [7, 11) is 0. The lowest BCUT2D eigenvalue weighted by molar-refractivity contribution is -0.160. The van der Waals surface area contributed by atoms with Crippen molar-refractivity contribution in [2.75, 3.05) is 13.2 Å². The van der Waals surface area contributed by atoms with E-state index < -0.39 is 17.5 Å². The topological polar surface area (TPSA) is 72.8 Å². The van der Waals surface area contributed by atoms with Gasteiger partial charge in [-0.25, -0.2) is 9.59 Å². The van der Waals surface area contributed by atoms with E-state index in [9.17, 15) is 14.7 Å². The molecule has 0 saturated carbocycles. The highest BCUT2D eigenvalue weighted by Crippen LogP contribution is 2.25. The Morgan fingerprint density at radius 3 is 2.59 bits per heavy atom. The van der Waals surface area contributed by atoms with Crippen molar-refractivity contribution < 1.29 is 24.2 Å². The third kappa shape index (κ3) is 3.17. The highest BCUT2D eigenvalue weighted by molar-refractivity contribution is 5.92. The fourth-order valence-electron chi connectivity index (χ4n) is 1.49. The maximum atomic E-state index is 11.5. The zero-order valence-electron chi connectivity index (χ0n) is 9.93. The molecule has 1 atom stereocenters. The van der Waals surface area contributed by atoms with E-state index in [1.54, 1.807) is 13.8 Å². The molecule has 0 fully saturated rings. The number of aliphatic hydroxyl groups is 1. The van der Waals surface area contributed by atoms with Crippen LogP contribution >= 0.6 is 0 Å². The summed E-state index contributed by atoms with van der Waals surface area (Å²) in [5.41, 5.74) is -1.52. The van der Waals surface area contributed by atoms with Gasteiger partial charge in [-0.2, -0.15) is 0 Å². The normalized spacial score (nSPS) is 22.9. The minimum Gasteiger partial charge on any atom is -0.464 e. The molecule has 0 saturated heterocycles. The molecule has 1 unspecified atom stereocenters. The number of allylic oxidation sites excluding steroid dienone is 2. The first kappa shape index (κ1) is 13.4. The van der Waals surface area contributed by atoms with Gasteiger partial charge in [0, 0.05) is 12.0 Å². The first-order valence-electron chi connectivity index (χ1n) is 5.48. The lowest BCUT2D eigenvalue weighted by Crippen LogP contribution is -2.40. The maximum absolute atomic E-state index is 11.5. The molecule has 0 aromatic heterocycles. The molecule has 0 radical (unpaired) electrons. The predicted molar refractivity (Wildman–Crippen MR) is 60.1 cm³/mol. The number of carbonyl (C=O) groups excluding carboxylic acids is 2. The third-order valence-electron chi connectivity index (χ3n) is 2.30. The molecule has 0 aliphatic heterocycles. The van der Waals surface area contributed by atoms with Crippen LogP contribution in [0.5, 0.6) is 0 Å². The standard InChI is InChI=1S/C12H16O5/c1-3-16-10(13)9-6-5-7-12(15,8-9)11(14)17-4-2/h5-7,15H,3-4,8H2,1-2H3. The molecule has 5 nitrogen and oxygen atoms in total. The van der Waals surface area contributed by atoms with Crippen LogP contribution in [-0.2, 0) is 19.1 Å². The van der Waals surface area contributed by atoms with Crippen molar-refractivity contribution in [3.8, 4) is 0 Å². The van der Waals surface area contributed by atoms with Crippen molar-refractivity contribution in [2.24, 2.45) is 0 Å². The van der Waals surface area contributed by atoms with E-state index in [4.69, 9.17) is 9.47 Å². The highest BCUT2D eigenvalue weighted by Gasteiger charge is 2.38. The number of hydrogen-bond donors (Lipinski definition) is 1. The van der Waals surface area contributed by atoms with E-state index in [1.807, 2.05) is 0 Å². The Kier molecular flexibility index (Phi) is 4.45. The van der Waals surface area contributed by atoms with E-state index >= 15 is 0 Å². The van der Waals surface area contributed by atoms with Crippen LogP contribution in [0.1, 0.15) is 20.3 Å². The van der Waals surface area contributed by atoms with E-state index in [2.05, 4.69) is 0 Å². The van der Waals surface area contributed by atoms with Crippen LogP contribution in [-0.4, -0.2) is 35.9 Å². The molecule has 0 heterocycles. The SMILES string of the molecule is CCOC(=O)C1=CC=CC(O)(C(=O)OCC)C1. The Labute approximate surface area is 99.7 Å². The average molecular weight is 240 g/mol. The molecule has 1 aliphatic rings. The van der Waals surface area contributed by atoms with Crippen molar-refractivity contribution in [1.29, 1.82) is 0 Å². The van der Waals surface area contributed by atoms with Gasteiger partial charge in [0.1, 0.15) is 0 Å². The minimum atomic E-state index is -1.77. The summed E-state index contributed by atoms with van der Waals surface area (Å²) in [6.07, 6.45) is 4.16. The van der Waals surface area contributed by atoms with Gasteiger partial charge in [-0.3, -0.25) is 0 Å². The monoisotopic (exact) mass is 240 g/mol. The largest absolute Gasteiger partial charge is 0.464 e. The van der Waals surface area contributed by atoms with Gasteiger partial charge in [-0.05, 0) is 19.9 Å². The van der Waals surface area contributed by atoms with Crippen molar-refractivity contribution in [3.63, 3.8) is 0 Å². The summed E-state index contributed by atoms with van der Waals surface area (Å²) >= 11 is 0. The van der Waals surface area contributed by atoms with Gasteiger partial charge in [0.2, 0.25) is 0 Å². The average Bonchev–Trinajstić information content (AvgIpc) is 2.30. The second-order valence-corrected chi connectivity index (χ2v) is 3.59. The van der Waals surface area contributed by atoms with Crippen LogP contribution in [0, 0.1) is 0 Å². The summed E-state index contributed by atoms with van der Waals surface area (Å²) in [5.74, 6) is -1.29. The molecule has 1 rings (SSSR count). The summed E-state index contributed by atoms with van der Waals surface area (Å²) < 4.78 is 9.56. The summed E-state index contributed by atoms with van der Waals surface area (Å²) in [6.45, 7) is 3.76. The van der Waals surface area contributed by atoms with Crippen LogP contribution in [0.15, 0.2) is 23.8 Å². The molecule has 0 amide bonds. The van der Waals surface area contributed by atoms with Crippen LogP contribution in [0.25, 0.3) is 0 Å².